The second kappa shape index (κ2) is 12.2. The molecule has 4 aromatic rings. The van der Waals surface area contributed by atoms with Gasteiger partial charge in [-0.15, -0.1) is 10.2 Å². The number of nitrogens with one attached hydrogen (secondary N) is 3. The molecule has 1 heterocycles. The molecule has 0 bridgehead atoms. The fraction of sp³-hybridized carbons (Fsp3) is 0.154. The average molecular weight is 521 g/mol. The molecule has 2 amide bonds. The minimum atomic E-state index is -0.167. The molecule has 3 N–H and O–H groups in total. The van der Waals surface area contributed by atoms with Gasteiger partial charge in [-0.05, 0) is 54.6 Å². The largest absolute Gasteiger partial charge is 0.378 e. The van der Waals surface area contributed by atoms with Crippen LogP contribution >= 0.6 is 23.4 Å². The number of rotatable bonds is 10. The van der Waals surface area contributed by atoms with Crippen molar-refractivity contribution in [2.24, 2.45) is 0 Å². The SMILES string of the molecule is CC(=O)Nc1cccc(NC(=O)CCSc2nnc(CNc3ccc(Cl)cc3)n2-c2ccccc2)c1. The van der Waals surface area contributed by atoms with Crippen molar-refractivity contribution in [2.75, 3.05) is 21.7 Å². The van der Waals surface area contributed by atoms with Gasteiger partial charge in [0.05, 0.1) is 6.54 Å². The predicted molar refractivity (Wildman–Crippen MR) is 145 cm³/mol. The van der Waals surface area contributed by atoms with Crippen molar-refractivity contribution < 1.29 is 9.59 Å². The van der Waals surface area contributed by atoms with E-state index in [0.29, 0.717) is 33.9 Å². The number of nitrogens with zero attached hydrogens (tertiary/aromatic N) is 3. The van der Waals surface area contributed by atoms with Crippen molar-refractivity contribution in [3.63, 3.8) is 0 Å². The average Bonchev–Trinajstić information content (AvgIpc) is 3.26. The Labute approximate surface area is 218 Å². The number of thioether (sulfide) groups is 1. The van der Waals surface area contributed by atoms with Gasteiger partial charge >= 0.3 is 0 Å². The van der Waals surface area contributed by atoms with Gasteiger partial charge in [0.1, 0.15) is 0 Å². The monoisotopic (exact) mass is 520 g/mol. The summed E-state index contributed by atoms with van der Waals surface area (Å²) >= 11 is 7.44. The number of halogens is 1. The number of aromatic nitrogens is 3. The van der Waals surface area contributed by atoms with Crippen LogP contribution in [0.2, 0.25) is 5.02 Å². The Kier molecular flexibility index (Phi) is 8.59. The van der Waals surface area contributed by atoms with Crippen molar-refractivity contribution in [1.29, 1.82) is 0 Å². The number of anilines is 3. The Morgan fingerprint density at radius 2 is 1.61 bits per heavy atom. The number of amides is 2. The predicted octanol–water partition coefficient (Wildman–Crippen LogP) is 5.61. The van der Waals surface area contributed by atoms with E-state index in [9.17, 15) is 9.59 Å². The maximum Gasteiger partial charge on any atom is 0.225 e. The molecule has 0 aliphatic rings. The van der Waals surface area contributed by atoms with Gasteiger partial charge in [-0.25, -0.2) is 0 Å². The Balaban J connectivity index is 1.39. The summed E-state index contributed by atoms with van der Waals surface area (Å²) in [5, 5.41) is 19.1. The first kappa shape index (κ1) is 25.3. The minimum absolute atomic E-state index is 0.127. The van der Waals surface area contributed by atoms with E-state index in [0.717, 1.165) is 17.2 Å². The van der Waals surface area contributed by atoms with Crippen LogP contribution in [0.1, 0.15) is 19.2 Å². The molecular weight excluding hydrogens is 496 g/mol. The van der Waals surface area contributed by atoms with Gasteiger partial charge in [-0.2, -0.15) is 0 Å². The van der Waals surface area contributed by atoms with Crippen molar-refractivity contribution in [1.82, 2.24) is 14.8 Å². The maximum absolute atomic E-state index is 12.5. The molecule has 8 nitrogen and oxygen atoms in total. The maximum atomic E-state index is 12.5. The molecule has 0 saturated heterocycles. The highest BCUT2D eigenvalue weighted by atomic mass is 35.5. The number of carbonyl (C=O) groups is 2. The smallest absolute Gasteiger partial charge is 0.225 e. The zero-order chi connectivity index (χ0) is 25.3. The van der Waals surface area contributed by atoms with E-state index >= 15 is 0 Å². The lowest BCUT2D eigenvalue weighted by Crippen LogP contribution is -2.13. The Morgan fingerprint density at radius 3 is 2.33 bits per heavy atom. The van der Waals surface area contributed by atoms with E-state index in [2.05, 4.69) is 26.1 Å². The molecule has 0 unspecified atom stereocenters. The number of hydrogen-bond donors (Lipinski definition) is 3. The number of carbonyl (C=O) groups excluding carboxylic acids is 2. The molecule has 4 rings (SSSR count). The van der Waals surface area contributed by atoms with Gasteiger partial charge in [0.15, 0.2) is 11.0 Å². The normalized spacial score (nSPS) is 10.6. The van der Waals surface area contributed by atoms with Gasteiger partial charge in [-0.1, -0.05) is 47.6 Å². The van der Waals surface area contributed by atoms with Gasteiger partial charge in [0.25, 0.3) is 0 Å². The molecule has 36 heavy (non-hydrogen) atoms. The zero-order valence-electron chi connectivity index (χ0n) is 19.6. The second-order valence-corrected chi connectivity index (χ2v) is 9.34. The number of hydrogen-bond acceptors (Lipinski definition) is 6. The lowest BCUT2D eigenvalue weighted by molar-refractivity contribution is -0.116. The molecule has 0 spiro atoms. The quantitative estimate of drug-likeness (QED) is 0.235. The molecule has 3 aromatic carbocycles. The van der Waals surface area contributed by atoms with Crippen LogP contribution in [0.3, 0.4) is 0 Å². The molecule has 0 saturated carbocycles. The summed E-state index contributed by atoms with van der Waals surface area (Å²) in [5.41, 5.74) is 3.12. The van der Waals surface area contributed by atoms with E-state index in [1.807, 2.05) is 59.2 Å². The summed E-state index contributed by atoms with van der Waals surface area (Å²) in [7, 11) is 0. The molecule has 1 aromatic heterocycles. The van der Waals surface area contributed by atoms with Crippen molar-refractivity contribution >= 4 is 52.2 Å². The van der Waals surface area contributed by atoms with E-state index in [1.54, 1.807) is 24.3 Å². The van der Waals surface area contributed by atoms with Crippen LogP contribution in [0.5, 0.6) is 0 Å². The molecule has 0 aliphatic heterocycles. The van der Waals surface area contributed by atoms with Gasteiger partial charge in [0.2, 0.25) is 11.8 Å². The summed E-state index contributed by atoms with van der Waals surface area (Å²) in [6, 6.07) is 24.4. The fourth-order valence-corrected chi connectivity index (χ4v) is 4.46. The summed E-state index contributed by atoms with van der Waals surface area (Å²) < 4.78 is 1.99. The lowest BCUT2D eigenvalue weighted by atomic mass is 10.2. The first-order chi connectivity index (χ1) is 17.5. The number of para-hydroxylation sites is 1. The molecule has 0 radical (unpaired) electrons. The minimum Gasteiger partial charge on any atom is -0.378 e. The van der Waals surface area contributed by atoms with Crippen LogP contribution in [0.25, 0.3) is 5.69 Å². The molecule has 0 aliphatic carbocycles. The van der Waals surface area contributed by atoms with Crippen molar-refractivity contribution in [3.8, 4) is 5.69 Å². The Morgan fingerprint density at radius 1 is 0.889 bits per heavy atom. The van der Waals surface area contributed by atoms with E-state index in [4.69, 9.17) is 11.6 Å². The van der Waals surface area contributed by atoms with Crippen molar-refractivity contribution in [3.05, 3.63) is 89.7 Å². The molecule has 184 valence electrons. The van der Waals surface area contributed by atoms with Crippen LogP contribution in [0.4, 0.5) is 17.1 Å². The first-order valence-corrected chi connectivity index (χ1v) is 12.6. The Hall–Kier alpha value is -3.82. The molecule has 0 atom stereocenters. The second-order valence-electron chi connectivity index (χ2n) is 7.84. The van der Waals surface area contributed by atoms with E-state index in [-0.39, 0.29) is 18.2 Å². The lowest BCUT2D eigenvalue weighted by Gasteiger charge is -2.12. The van der Waals surface area contributed by atoms with Crippen LogP contribution < -0.4 is 16.0 Å². The zero-order valence-corrected chi connectivity index (χ0v) is 21.1. The highest BCUT2D eigenvalue weighted by Crippen LogP contribution is 2.24. The third-order valence-corrected chi connectivity index (χ3v) is 6.22. The highest BCUT2D eigenvalue weighted by Gasteiger charge is 2.15. The number of benzene rings is 3. The van der Waals surface area contributed by atoms with Crippen LogP contribution in [0.15, 0.2) is 84.0 Å². The topological polar surface area (TPSA) is 101 Å². The van der Waals surface area contributed by atoms with Crippen molar-refractivity contribution in [2.45, 2.75) is 25.0 Å². The standard InChI is InChI=1S/C26H25ClN6O2S/c1-18(34)29-21-6-5-7-22(16-21)30-25(35)14-15-36-26-32-31-24(33(26)23-8-3-2-4-9-23)17-28-20-12-10-19(27)11-13-20/h2-13,16,28H,14-15,17H2,1H3,(H,29,34)(H,30,35). The van der Waals surface area contributed by atoms with Crippen LogP contribution in [-0.4, -0.2) is 32.3 Å². The third kappa shape index (κ3) is 7.10. The van der Waals surface area contributed by atoms with E-state index < -0.39 is 0 Å². The molecular formula is C26H25ClN6O2S. The first-order valence-electron chi connectivity index (χ1n) is 11.3. The van der Waals surface area contributed by atoms with E-state index in [1.165, 1.54) is 18.7 Å². The molecule has 0 fully saturated rings. The van der Waals surface area contributed by atoms with Gasteiger partial charge in [-0.3, -0.25) is 14.2 Å². The van der Waals surface area contributed by atoms with Crippen LogP contribution in [0, 0.1) is 0 Å². The van der Waals surface area contributed by atoms with Crippen LogP contribution in [-0.2, 0) is 16.1 Å². The summed E-state index contributed by atoms with van der Waals surface area (Å²) in [6.07, 6.45) is 0.287. The highest BCUT2D eigenvalue weighted by molar-refractivity contribution is 7.99. The fourth-order valence-electron chi connectivity index (χ4n) is 3.43. The molecule has 10 heteroatoms. The third-order valence-electron chi connectivity index (χ3n) is 5.04. The van der Waals surface area contributed by atoms with Gasteiger partial charge in [0, 0.05) is 46.9 Å². The summed E-state index contributed by atoms with van der Waals surface area (Å²) in [6.45, 7) is 1.91. The summed E-state index contributed by atoms with van der Waals surface area (Å²) in [5.74, 6) is 0.975. The summed E-state index contributed by atoms with van der Waals surface area (Å²) in [4.78, 5) is 23.8. The Bertz CT molecular complexity index is 1330. The van der Waals surface area contributed by atoms with Gasteiger partial charge < -0.3 is 16.0 Å².